The molecule has 0 bridgehead atoms. The van der Waals surface area contributed by atoms with Crippen LogP contribution in [0.25, 0.3) is 0 Å². The molecule has 1 aliphatic heterocycles. The molecule has 2 aromatic rings. The molecule has 25 heavy (non-hydrogen) atoms. The van der Waals surface area contributed by atoms with Crippen LogP contribution in [-0.2, 0) is 4.74 Å². The number of ether oxygens (including phenoxy) is 1. The summed E-state index contributed by atoms with van der Waals surface area (Å²) in [6.07, 6.45) is 2.16. The number of carbonyl (C=O) groups excluding carboxylic acids is 2. The molecule has 1 aromatic carbocycles. The van der Waals surface area contributed by atoms with E-state index in [-0.39, 0.29) is 23.7 Å². The maximum atomic E-state index is 12.8. The number of thiophene rings is 1. The molecule has 2 amide bonds. The van der Waals surface area contributed by atoms with Gasteiger partial charge in [-0.25, -0.2) is 4.39 Å². The van der Waals surface area contributed by atoms with Crippen molar-refractivity contribution >= 4 is 23.2 Å². The van der Waals surface area contributed by atoms with E-state index >= 15 is 0 Å². The predicted molar refractivity (Wildman–Crippen MR) is 93.3 cm³/mol. The van der Waals surface area contributed by atoms with Crippen molar-refractivity contribution in [2.24, 2.45) is 0 Å². The molecular formula is C18H19FN2O3S. The van der Waals surface area contributed by atoms with Gasteiger partial charge in [-0.05, 0) is 49.2 Å². The zero-order valence-corrected chi connectivity index (χ0v) is 14.4. The van der Waals surface area contributed by atoms with Gasteiger partial charge in [-0.1, -0.05) is 0 Å². The highest BCUT2D eigenvalue weighted by Crippen LogP contribution is 2.33. The van der Waals surface area contributed by atoms with Crippen molar-refractivity contribution in [3.05, 3.63) is 57.5 Å². The van der Waals surface area contributed by atoms with Crippen LogP contribution < -0.4 is 10.6 Å². The van der Waals surface area contributed by atoms with Gasteiger partial charge in [0, 0.05) is 30.1 Å². The molecule has 1 fully saturated rings. The average Bonchev–Trinajstić information content (AvgIpc) is 3.29. The summed E-state index contributed by atoms with van der Waals surface area (Å²) in [5.74, 6) is -0.849. The predicted octanol–water partition coefficient (Wildman–Crippen LogP) is 2.90. The van der Waals surface area contributed by atoms with Gasteiger partial charge in [0.2, 0.25) is 0 Å². The minimum atomic E-state index is -0.387. The van der Waals surface area contributed by atoms with E-state index in [1.165, 1.54) is 35.6 Å². The van der Waals surface area contributed by atoms with Gasteiger partial charge in [0.05, 0.1) is 11.0 Å². The lowest BCUT2D eigenvalue weighted by Gasteiger charge is -2.07. The number of carbonyl (C=O) groups is 2. The molecule has 7 heteroatoms. The van der Waals surface area contributed by atoms with Crippen molar-refractivity contribution in [3.63, 3.8) is 0 Å². The second-order valence-electron chi connectivity index (χ2n) is 5.72. The fourth-order valence-corrected chi connectivity index (χ4v) is 3.60. The second-order valence-corrected chi connectivity index (χ2v) is 6.84. The molecule has 2 heterocycles. The van der Waals surface area contributed by atoms with Crippen molar-refractivity contribution in [3.8, 4) is 0 Å². The van der Waals surface area contributed by atoms with E-state index in [4.69, 9.17) is 4.74 Å². The molecule has 1 aromatic heterocycles. The molecule has 1 saturated heterocycles. The number of hydrogen-bond donors (Lipinski definition) is 2. The van der Waals surface area contributed by atoms with Crippen molar-refractivity contribution in [2.45, 2.75) is 18.9 Å². The van der Waals surface area contributed by atoms with Crippen molar-refractivity contribution in [1.29, 1.82) is 0 Å². The largest absolute Gasteiger partial charge is 0.373 e. The fraction of sp³-hybridized carbons (Fsp3) is 0.333. The minimum absolute atomic E-state index is 0.113. The third-order valence-corrected chi connectivity index (χ3v) is 5.08. The lowest BCUT2D eigenvalue weighted by molar-refractivity contribution is 0.0929. The third-order valence-electron chi connectivity index (χ3n) is 3.90. The van der Waals surface area contributed by atoms with Crippen LogP contribution in [0.3, 0.4) is 0 Å². The first kappa shape index (κ1) is 17.6. The van der Waals surface area contributed by atoms with E-state index in [1.54, 1.807) is 6.07 Å². The number of halogens is 1. The van der Waals surface area contributed by atoms with E-state index in [0.29, 0.717) is 23.5 Å². The Balaban J connectivity index is 1.42. The summed E-state index contributed by atoms with van der Waals surface area (Å²) in [5, 5.41) is 5.46. The number of nitrogens with one attached hydrogen (secondary N) is 2. The second kappa shape index (κ2) is 8.22. The molecular weight excluding hydrogens is 343 g/mol. The van der Waals surface area contributed by atoms with E-state index in [2.05, 4.69) is 10.6 Å². The fourth-order valence-electron chi connectivity index (χ4n) is 2.59. The summed E-state index contributed by atoms with van der Waals surface area (Å²) in [4.78, 5) is 25.7. The normalized spacial score (nSPS) is 16.6. The zero-order chi connectivity index (χ0) is 17.6. The Hall–Kier alpha value is -2.25. The maximum absolute atomic E-state index is 12.8. The molecule has 0 unspecified atom stereocenters. The third kappa shape index (κ3) is 4.64. The van der Waals surface area contributed by atoms with Crippen LogP contribution in [0.5, 0.6) is 0 Å². The first-order chi connectivity index (χ1) is 12.1. The van der Waals surface area contributed by atoms with Gasteiger partial charge in [-0.15, -0.1) is 11.3 Å². The first-order valence-electron chi connectivity index (χ1n) is 8.17. The van der Waals surface area contributed by atoms with Gasteiger partial charge in [-0.3, -0.25) is 9.59 Å². The van der Waals surface area contributed by atoms with E-state index in [1.807, 2.05) is 6.07 Å². The van der Waals surface area contributed by atoms with Gasteiger partial charge in [-0.2, -0.15) is 0 Å². The number of rotatable bonds is 6. The van der Waals surface area contributed by atoms with Crippen LogP contribution >= 0.6 is 11.3 Å². The SMILES string of the molecule is O=C(NCCNC(=O)c1ccc([C@H]2CCCO2)s1)c1ccc(F)cc1. The maximum Gasteiger partial charge on any atom is 0.261 e. The van der Waals surface area contributed by atoms with Crippen LogP contribution in [0.1, 0.15) is 43.9 Å². The highest BCUT2D eigenvalue weighted by atomic mass is 32.1. The van der Waals surface area contributed by atoms with Crippen LogP contribution in [0.15, 0.2) is 36.4 Å². The zero-order valence-electron chi connectivity index (χ0n) is 13.6. The Morgan fingerprint density at radius 1 is 1.08 bits per heavy atom. The molecule has 0 saturated carbocycles. The molecule has 0 spiro atoms. The summed E-state index contributed by atoms with van der Waals surface area (Å²) < 4.78 is 18.4. The van der Waals surface area contributed by atoms with Crippen molar-refractivity contribution in [1.82, 2.24) is 10.6 Å². The quantitative estimate of drug-likeness (QED) is 0.777. The van der Waals surface area contributed by atoms with Crippen LogP contribution in [-0.4, -0.2) is 31.5 Å². The summed E-state index contributed by atoms with van der Waals surface area (Å²) in [5.41, 5.74) is 0.382. The monoisotopic (exact) mass is 362 g/mol. The van der Waals surface area contributed by atoms with Crippen LogP contribution in [0.4, 0.5) is 4.39 Å². The average molecular weight is 362 g/mol. The smallest absolute Gasteiger partial charge is 0.261 e. The lowest BCUT2D eigenvalue weighted by Crippen LogP contribution is -2.34. The Labute approximate surface area is 149 Å². The molecule has 3 rings (SSSR count). The van der Waals surface area contributed by atoms with Crippen molar-refractivity contribution in [2.75, 3.05) is 19.7 Å². The van der Waals surface area contributed by atoms with Gasteiger partial charge in [0.25, 0.3) is 11.8 Å². The number of amides is 2. The Morgan fingerprint density at radius 3 is 2.48 bits per heavy atom. The molecule has 0 aliphatic carbocycles. The number of hydrogen-bond acceptors (Lipinski definition) is 4. The van der Waals surface area contributed by atoms with E-state index < -0.39 is 0 Å². The Bertz CT molecular complexity index is 739. The topological polar surface area (TPSA) is 67.4 Å². The van der Waals surface area contributed by atoms with Gasteiger partial charge < -0.3 is 15.4 Å². The Kier molecular flexibility index (Phi) is 5.78. The summed E-state index contributed by atoms with van der Waals surface area (Å²) >= 11 is 1.44. The molecule has 1 aliphatic rings. The molecule has 2 N–H and O–H groups in total. The Morgan fingerprint density at radius 2 is 1.80 bits per heavy atom. The molecule has 132 valence electrons. The lowest BCUT2D eigenvalue weighted by atomic mass is 10.2. The van der Waals surface area contributed by atoms with Gasteiger partial charge in [0.1, 0.15) is 5.82 Å². The summed E-state index contributed by atoms with van der Waals surface area (Å²) in [7, 11) is 0. The van der Waals surface area contributed by atoms with Crippen LogP contribution in [0.2, 0.25) is 0 Å². The molecule has 5 nitrogen and oxygen atoms in total. The van der Waals surface area contributed by atoms with Gasteiger partial charge >= 0.3 is 0 Å². The van der Waals surface area contributed by atoms with Crippen molar-refractivity contribution < 1.29 is 18.7 Å². The standard InChI is InChI=1S/C18H19FN2O3S/c19-13-5-3-12(4-6-13)17(22)20-9-10-21-18(23)16-8-7-15(25-16)14-2-1-11-24-14/h3-8,14H,1-2,9-11H2,(H,20,22)(H,21,23)/t14-/m1/s1. The number of benzene rings is 1. The highest BCUT2D eigenvalue weighted by molar-refractivity contribution is 7.14. The molecule has 1 atom stereocenters. The summed E-state index contributed by atoms with van der Waals surface area (Å²) in [6, 6.07) is 9.04. The van der Waals surface area contributed by atoms with Crippen LogP contribution in [0, 0.1) is 5.82 Å². The molecule has 0 radical (unpaired) electrons. The van der Waals surface area contributed by atoms with E-state index in [9.17, 15) is 14.0 Å². The summed E-state index contributed by atoms with van der Waals surface area (Å²) in [6.45, 7) is 1.39. The first-order valence-corrected chi connectivity index (χ1v) is 8.98. The minimum Gasteiger partial charge on any atom is -0.373 e. The van der Waals surface area contributed by atoms with E-state index in [0.717, 1.165) is 24.3 Å². The highest BCUT2D eigenvalue weighted by Gasteiger charge is 2.20. The van der Waals surface area contributed by atoms with Gasteiger partial charge in [0.15, 0.2) is 0 Å².